The molecule has 3 atom stereocenters. The van der Waals surface area contributed by atoms with E-state index in [-0.39, 0.29) is 0 Å². The van der Waals surface area contributed by atoms with Crippen molar-refractivity contribution in [1.82, 2.24) is 0 Å². The van der Waals surface area contributed by atoms with Crippen LogP contribution in [-0.2, 0) is 0 Å². The summed E-state index contributed by atoms with van der Waals surface area (Å²) in [7, 11) is 0. The highest BCUT2D eigenvalue weighted by molar-refractivity contribution is 5.23. The molecule has 0 amide bonds. The van der Waals surface area contributed by atoms with Crippen LogP contribution >= 0.6 is 0 Å². The molecular weight excluding hydrogens is 324 g/mol. The van der Waals surface area contributed by atoms with Crippen molar-refractivity contribution in [2.45, 2.75) is 99.3 Å². The average Bonchev–Trinajstić information content (AvgIpc) is 2.60. The third-order valence-corrected chi connectivity index (χ3v) is 7.09. The molecule has 0 aromatic heterocycles. The summed E-state index contributed by atoms with van der Waals surface area (Å²) < 4.78 is 0. The zero-order valence-corrected chi connectivity index (χ0v) is 19.3. The van der Waals surface area contributed by atoms with E-state index in [2.05, 4.69) is 66.3 Å². The van der Waals surface area contributed by atoms with Gasteiger partial charge in [-0.05, 0) is 60.3 Å². The Kier molecular flexibility index (Phi) is 12.0. The summed E-state index contributed by atoms with van der Waals surface area (Å²) in [6, 6.07) is 0. The Balaban J connectivity index is 2.79. The van der Waals surface area contributed by atoms with Gasteiger partial charge in [0.05, 0.1) is 0 Å². The molecule has 0 heteroatoms. The lowest BCUT2D eigenvalue weighted by molar-refractivity contribution is 0.188. The Morgan fingerprint density at radius 2 is 1.63 bits per heavy atom. The van der Waals surface area contributed by atoms with Crippen LogP contribution in [0.1, 0.15) is 99.3 Å². The molecule has 0 radical (unpaired) electrons. The van der Waals surface area contributed by atoms with Gasteiger partial charge in [-0.2, -0.15) is 0 Å². The first-order valence-electron chi connectivity index (χ1n) is 11.9. The maximum Gasteiger partial charge on any atom is -0.0248 e. The summed E-state index contributed by atoms with van der Waals surface area (Å²) in [5.41, 5.74) is 1.48. The minimum Gasteiger partial charge on any atom is -0.0991 e. The predicted octanol–water partition coefficient (Wildman–Crippen LogP) is 9.00. The number of hydrogen-bond acceptors (Lipinski definition) is 0. The molecule has 156 valence electrons. The fraction of sp³-hybridized carbons (Fsp3) is 0.778. The summed E-state index contributed by atoms with van der Waals surface area (Å²) in [5, 5.41) is 0. The van der Waals surface area contributed by atoms with Crippen LogP contribution in [0, 0.1) is 35.5 Å². The third-order valence-electron chi connectivity index (χ3n) is 7.09. The average molecular weight is 373 g/mol. The Morgan fingerprint density at radius 3 is 2.19 bits per heavy atom. The summed E-state index contributed by atoms with van der Waals surface area (Å²) in [6.07, 6.45) is 21.5. The fourth-order valence-corrected chi connectivity index (χ4v) is 5.33. The smallest absolute Gasteiger partial charge is 0.0248 e. The Labute approximate surface area is 171 Å². The van der Waals surface area contributed by atoms with Crippen LogP contribution in [0.15, 0.2) is 36.5 Å². The van der Waals surface area contributed by atoms with Crippen molar-refractivity contribution >= 4 is 0 Å². The highest BCUT2D eigenvalue weighted by Gasteiger charge is 2.26. The summed E-state index contributed by atoms with van der Waals surface area (Å²) >= 11 is 0. The Hall–Kier alpha value is -0.780. The summed E-state index contributed by atoms with van der Waals surface area (Å²) in [5.74, 6) is 4.88. The predicted molar refractivity (Wildman–Crippen MR) is 124 cm³/mol. The van der Waals surface area contributed by atoms with Crippen LogP contribution in [0.2, 0.25) is 0 Å². The van der Waals surface area contributed by atoms with E-state index in [9.17, 15) is 0 Å². The molecule has 0 nitrogen and oxygen atoms in total. The van der Waals surface area contributed by atoms with Crippen LogP contribution in [0.25, 0.3) is 0 Å². The van der Waals surface area contributed by atoms with Crippen LogP contribution in [0.5, 0.6) is 0 Å². The molecule has 0 heterocycles. The zero-order valence-electron chi connectivity index (χ0n) is 19.3. The molecule has 1 aliphatic rings. The number of hydrogen-bond donors (Lipinski definition) is 0. The van der Waals surface area contributed by atoms with E-state index in [1.807, 2.05) is 6.08 Å². The summed E-state index contributed by atoms with van der Waals surface area (Å²) in [4.78, 5) is 0. The second-order valence-corrected chi connectivity index (χ2v) is 9.77. The van der Waals surface area contributed by atoms with Crippen LogP contribution < -0.4 is 0 Å². The van der Waals surface area contributed by atoms with Crippen LogP contribution in [0.3, 0.4) is 0 Å². The van der Waals surface area contributed by atoms with Crippen molar-refractivity contribution in [2.75, 3.05) is 0 Å². The minimum atomic E-state index is 0.751. The van der Waals surface area contributed by atoms with E-state index in [4.69, 9.17) is 0 Å². The van der Waals surface area contributed by atoms with E-state index in [1.54, 1.807) is 0 Å². The molecule has 0 aliphatic heterocycles. The maximum absolute atomic E-state index is 3.98. The van der Waals surface area contributed by atoms with Gasteiger partial charge in [0.2, 0.25) is 0 Å². The Morgan fingerprint density at radius 1 is 1.00 bits per heavy atom. The van der Waals surface area contributed by atoms with Gasteiger partial charge in [0.25, 0.3) is 0 Å². The van der Waals surface area contributed by atoms with Gasteiger partial charge < -0.3 is 0 Å². The SMILES string of the molecule is C=C/C=C(\C=C/CC(C(C)C)C(C)C)CC(CC)C1CCCCCCC1C. The zero-order chi connectivity index (χ0) is 20.2. The second-order valence-electron chi connectivity index (χ2n) is 9.77. The largest absolute Gasteiger partial charge is 0.0991 e. The van der Waals surface area contributed by atoms with Gasteiger partial charge >= 0.3 is 0 Å². The van der Waals surface area contributed by atoms with Gasteiger partial charge in [-0.1, -0.05) is 111 Å². The minimum absolute atomic E-state index is 0.751. The highest BCUT2D eigenvalue weighted by Crippen LogP contribution is 2.37. The quantitative estimate of drug-likeness (QED) is 0.335. The lowest BCUT2D eigenvalue weighted by atomic mass is 9.72. The molecule has 0 N–H and O–H groups in total. The normalized spacial score (nSPS) is 23.8. The van der Waals surface area contributed by atoms with Gasteiger partial charge in [0.15, 0.2) is 0 Å². The van der Waals surface area contributed by atoms with E-state index < -0.39 is 0 Å². The maximum atomic E-state index is 3.98. The first-order valence-corrected chi connectivity index (χ1v) is 11.9. The van der Waals surface area contributed by atoms with E-state index in [0.717, 1.165) is 35.5 Å². The van der Waals surface area contributed by atoms with Crippen molar-refractivity contribution in [3.05, 3.63) is 36.5 Å². The second kappa shape index (κ2) is 13.4. The lowest BCUT2D eigenvalue weighted by Gasteiger charge is -2.33. The van der Waals surface area contributed by atoms with E-state index in [0.29, 0.717) is 0 Å². The Bertz CT molecular complexity index is 443. The first kappa shape index (κ1) is 24.3. The first-order chi connectivity index (χ1) is 12.9. The van der Waals surface area contributed by atoms with Crippen molar-refractivity contribution in [3.63, 3.8) is 0 Å². The van der Waals surface area contributed by atoms with Crippen LogP contribution in [0.4, 0.5) is 0 Å². The van der Waals surface area contributed by atoms with Gasteiger partial charge in [-0.3, -0.25) is 0 Å². The van der Waals surface area contributed by atoms with Gasteiger partial charge in [-0.25, -0.2) is 0 Å². The standard InChI is InChI=1S/C27H48/c1-8-15-24(17-14-19-26(21(3)4)22(5)6)20-25(9-2)27-18-13-11-10-12-16-23(27)7/h8,14-15,17,21-23,25-27H,1,9-13,16,18-20H2,2-7H3/b17-14-,24-15+. The highest BCUT2D eigenvalue weighted by atomic mass is 14.3. The van der Waals surface area contributed by atoms with Crippen molar-refractivity contribution in [2.24, 2.45) is 35.5 Å². The third kappa shape index (κ3) is 8.84. The summed E-state index contributed by atoms with van der Waals surface area (Å²) in [6.45, 7) is 18.3. The molecule has 1 fully saturated rings. The van der Waals surface area contributed by atoms with E-state index in [1.165, 1.54) is 63.4 Å². The fourth-order valence-electron chi connectivity index (χ4n) is 5.33. The van der Waals surface area contributed by atoms with E-state index >= 15 is 0 Å². The molecule has 27 heavy (non-hydrogen) atoms. The van der Waals surface area contributed by atoms with Gasteiger partial charge in [0, 0.05) is 0 Å². The van der Waals surface area contributed by atoms with Crippen LogP contribution in [-0.4, -0.2) is 0 Å². The van der Waals surface area contributed by atoms with Gasteiger partial charge in [-0.15, -0.1) is 0 Å². The molecular formula is C27H48. The number of rotatable bonds is 10. The molecule has 0 aromatic rings. The molecule has 0 bridgehead atoms. The molecule has 0 saturated heterocycles. The topological polar surface area (TPSA) is 0 Å². The van der Waals surface area contributed by atoms with Crippen molar-refractivity contribution < 1.29 is 0 Å². The number of allylic oxidation sites excluding steroid dienone is 5. The molecule has 3 unspecified atom stereocenters. The van der Waals surface area contributed by atoms with Gasteiger partial charge in [0.1, 0.15) is 0 Å². The molecule has 1 rings (SSSR count). The molecule has 0 aromatic carbocycles. The lowest BCUT2D eigenvalue weighted by Crippen LogP contribution is -2.23. The van der Waals surface area contributed by atoms with Crippen molar-refractivity contribution in [3.8, 4) is 0 Å². The molecule has 1 aliphatic carbocycles. The monoisotopic (exact) mass is 372 g/mol. The molecule has 0 spiro atoms. The molecule has 1 saturated carbocycles. The van der Waals surface area contributed by atoms with Crippen molar-refractivity contribution in [1.29, 1.82) is 0 Å².